The number of pyridine rings is 1. The minimum Gasteiger partial charge on any atom is -0.480 e. The molecule has 1 aliphatic rings. The monoisotopic (exact) mass is 452 g/mol. The average Bonchev–Trinajstić information content (AvgIpc) is 3.19. The van der Waals surface area contributed by atoms with Crippen LogP contribution in [0.15, 0.2) is 85.1 Å². The number of rotatable bonds is 6. The van der Waals surface area contributed by atoms with Crippen molar-refractivity contribution in [3.05, 3.63) is 102 Å². The Labute approximate surface area is 197 Å². The van der Waals surface area contributed by atoms with Gasteiger partial charge in [0, 0.05) is 31.0 Å². The third kappa shape index (κ3) is 3.99. The van der Waals surface area contributed by atoms with E-state index in [0.29, 0.717) is 0 Å². The van der Waals surface area contributed by atoms with Crippen LogP contribution in [-0.2, 0) is 16.0 Å². The maximum atomic E-state index is 12.9. The van der Waals surface area contributed by atoms with Gasteiger partial charge in [0.2, 0.25) is 0 Å². The van der Waals surface area contributed by atoms with Crippen molar-refractivity contribution in [3.63, 3.8) is 0 Å². The molecule has 170 valence electrons. The predicted octanol–water partition coefficient (Wildman–Crippen LogP) is 5.11. The maximum Gasteiger partial charge on any atom is 0.410 e. The van der Waals surface area contributed by atoms with Gasteiger partial charge >= 0.3 is 12.1 Å². The summed E-state index contributed by atoms with van der Waals surface area (Å²) in [6.07, 6.45) is 1.13. The molecule has 0 bridgehead atoms. The van der Waals surface area contributed by atoms with Gasteiger partial charge in [-0.25, -0.2) is 9.59 Å². The number of aliphatic carboxylic acids is 1. The molecular formula is C28H24N2O4. The third-order valence-corrected chi connectivity index (χ3v) is 6.45. The summed E-state index contributed by atoms with van der Waals surface area (Å²) in [5, 5.41) is 10.8. The number of carbonyl (C=O) groups is 2. The van der Waals surface area contributed by atoms with Gasteiger partial charge in [0.1, 0.15) is 12.6 Å². The minimum atomic E-state index is -1.09. The number of hydrogen-bond donors (Lipinski definition) is 1. The lowest BCUT2D eigenvalue weighted by atomic mass is 9.98. The Morgan fingerprint density at radius 3 is 2.26 bits per heavy atom. The van der Waals surface area contributed by atoms with Gasteiger partial charge < -0.3 is 9.84 Å². The zero-order valence-corrected chi connectivity index (χ0v) is 18.7. The van der Waals surface area contributed by atoms with E-state index in [1.807, 2.05) is 66.7 Å². The highest BCUT2D eigenvalue weighted by molar-refractivity contribution is 5.82. The SMILES string of the molecule is CN(C(=O)OCC1c2ccccc2-c2ccccc21)[C@@H](Cc1cnc2ccccc2c1)C(=O)O. The number of benzene rings is 3. The van der Waals surface area contributed by atoms with Crippen LogP contribution in [0.4, 0.5) is 4.79 Å². The van der Waals surface area contributed by atoms with Crippen molar-refractivity contribution in [1.29, 1.82) is 0 Å². The number of ether oxygens (including phenoxy) is 1. The standard InChI is InChI=1S/C28H24N2O4/c1-30(26(27(31)32)15-18-14-19-8-2-7-13-25(19)29-16-18)28(33)34-17-24-22-11-5-3-9-20(22)21-10-4-6-12-23(21)24/h2-14,16,24,26H,15,17H2,1H3,(H,31,32)/t26-/m0/s1. The molecule has 1 aliphatic carbocycles. The first kappa shape index (κ1) is 21.6. The highest BCUT2D eigenvalue weighted by Crippen LogP contribution is 2.44. The predicted molar refractivity (Wildman–Crippen MR) is 130 cm³/mol. The molecule has 0 aliphatic heterocycles. The van der Waals surface area contributed by atoms with Crippen molar-refractivity contribution in [1.82, 2.24) is 9.88 Å². The van der Waals surface area contributed by atoms with Crippen LogP contribution in [0.5, 0.6) is 0 Å². The number of nitrogens with zero attached hydrogens (tertiary/aromatic N) is 2. The summed E-state index contributed by atoms with van der Waals surface area (Å²) >= 11 is 0. The highest BCUT2D eigenvalue weighted by Gasteiger charge is 2.32. The molecule has 1 atom stereocenters. The maximum absolute atomic E-state index is 12.9. The molecule has 5 rings (SSSR count). The van der Waals surface area contributed by atoms with E-state index < -0.39 is 18.1 Å². The Hall–Kier alpha value is -4.19. The molecule has 1 heterocycles. The Kier molecular flexibility index (Phi) is 5.72. The van der Waals surface area contributed by atoms with Gasteiger partial charge in [-0.1, -0.05) is 66.7 Å². The molecule has 3 aromatic carbocycles. The van der Waals surface area contributed by atoms with Gasteiger partial charge in [-0.05, 0) is 39.9 Å². The van der Waals surface area contributed by atoms with Gasteiger partial charge in [0.15, 0.2) is 0 Å². The van der Waals surface area contributed by atoms with Gasteiger partial charge in [0.05, 0.1) is 5.52 Å². The van der Waals surface area contributed by atoms with Crippen molar-refractivity contribution >= 4 is 23.0 Å². The molecule has 0 saturated carbocycles. The fourth-order valence-electron chi connectivity index (χ4n) is 4.66. The summed E-state index contributed by atoms with van der Waals surface area (Å²) in [6.45, 7) is 0.140. The summed E-state index contributed by atoms with van der Waals surface area (Å²) in [6, 6.07) is 24.7. The van der Waals surface area contributed by atoms with E-state index in [2.05, 4.69) is 17.1 Å². The van der Waals surface area contributed by atoms with Gasteiger partial charge in [-0.3, -0.25) is 9.88 Å². The van der Waals surface area contributed by atoms with Crippen LogP contribution in [0.3, 0.4) is 0 Å². The summed E-state index contributed by atoms with van der Waals surface area (Å²) in [5.74, 6) is -1.18. The second kappa shape index (κ2) is 8.98. The van der Waals surface area contributed by atoms with Crippen LogP contribution in [0.1, 0.15) is 22.6 Å². The summed E-state index contributed by atoms with van der Waals surface area (Å²) in [4.78, 5) is 30.5. The van der Waals surface area contributed by atoms with E-state index in [1.165, 1.54) is 7.05 Å². The largest absolute Gasteiger partial charge is 0.480 e. The van der Waals surface area contributed by atoms with Gasteiger partial charge in [-0.15, -0.1) is 0 Å². The number of aromatic nitrogens is 1. The fraction of sp³-hybridized carbons (Fsp3) is 0.179. The minimum absolute atomic E-state index is 0.0854. The Bertz CT molecular complexity index is 1340. The first-order valence-electron chi connectivity index (χ1n) is 11.2. The van der Waals surface area contributed by atoms with Crippen molar-refractivity contribution in [2.75, 3.05) is 13.7 Å². The number of carboxylic acid groups (broad SMARTS) is 1. The number of likely N-dealkylation sites (N-methyl/N-ethyl adjacent to an activating group) is 1. The van der Waals surface area contributed by atoms with Crippen molar-refractivity contribution in [3.8, 4) is 11.1 Å². The van der Waals surface area contributed by atoms with E-state index >= 15 is 0 Å². The van der Waals surface area contributed by atoms with E-state index in [4.69, 9.17) is 4.74 Å². The molecule has 1 amide bonds. The van der Waals surface area contributed by atoms with Gasteiger partial charge in [0.25, 0.3) is 0 Å². The average molecular weight is 453 g/mol. The Balaban J connectivity index is 1.31. The molecule has 0 radical (unpaired) electrons. The molecule has 0 spiro atoms. The normalized spacial score (nSPS) is 13.2. The van der Waals surface area contributed by atoms with Crippen LogP contribution in [0.25, 0.3) is 22.0 Å². The summed E-state index contributed by atoms with van der Waals surface area (Å²) < 4.78 is 5.65. The second-order valence-corrected chi connectivity index (χ2v) is 8.51. The number of fused-ring (bicyclic) bond motifs is 4. The molecule has 6 nitrogen and oxygen atoms in total. The van der Waals surface area contributed by atoms with E-state index in [0.717, 1.165) is 43.6 Å². The van der Waals surface area contributed by atoms with Crippen LogP contribution in [0, 0.1) is 0 Å². The van der Waals surface area contributed by atoms with Crippen LogP contribution in [0.2, 0.25) is 0 Å². The Morgan fingerprint density at radius 2 is 1.59 bits per heavy atom. The topological polar surface area (TPSA) is 79.7 Å². The highest BCUT2D eigenvalue weighted by atomic mass is 16.6. The second-order valence-electron chi connectivity index (χ2n) is 8.51. The lowest BCUT2D eigenvalue weighted by Crippen LogP contribution is -2.44. The molecule has 0 unspecified atom stereocenters. The fourth-order valence-corrected chi connectivity index (χ4v) is 4.66. The molecule has 1 N–H and O–H groups in total. The van der Waals surface area contributed by atoms with E-state index in [9.17, 15) is 14.7 Å². The number of carbonyl (C=O) groups excluding carboxylic acids is 1. The third-order valence-electron chi connectivity index (χ3n) is 6.45. The molecular weight excluding hydrogens is 428 g/mol. The zero-order valence-electron chi connectivity index (χ0n) is 18.7. The van der Waals surface area contributed by atoms with Crippen molar-refractivity contribution in [2.45, 2.75) is 18.4 Å². The molecule has 1 aromatic heterocycles. The van der Waals surface area contributed by atoms with E-state index in [-0.39, 0.29) is 18.9 Å². The first-order chi connectivity index (χ1) is 16.5. The van der Waals surface area contributed by atoms with Crippen LogP contribution >= 0.6 is 0 Å². The number of carboxylic acids is 1. The molecule has 4 aromatic rings. The lowest BCUT2D eigenvalue weighted by molar-refractivity contribution is -0.142. The molecule has 0 fully saturated rings. The lowest BCUT2D eigenvalue weighted by Gasteiger charge is -2.25. The smallest absolute Gasteiger partial charge is 0.410 e. The Morgan fingerprint density at radius 1 is 0.971 bits per heavy atom. The number of amides is 1. The zero-order chi connectivity index (χ0) is 23.7. The van der Waals surface area contributed by atoms with Crippen LogP contribution < -0.4 is 0 Å². The quantitative estimate of drug-likeness (QED) is 0.440. The first-order valence-corrected chi connectivity index (χ1v) is 11.2. The van der Waals surface area contributed by atoms with E-state index in [1.54, 1.807) is 6.20 Å². The summed E-state index contributed by atoms with van der Waals surface area (Å²) in [7, 11) is 1.46. The molecule has 6 heteroatoms. The number of para-hydroxylation sites is 1. The van der Waals surface area contributed by atoms with Gasteiger partial charge in [-0.2, -0.15) is 0 Å². The van der Waals surface area contributed by atoms with Crippen molar-refractivity contribution in [2.24, 2.45) is 0 Å². The summed E-state index contributed by atoms with van der Waals surface area (Å²) in [5.41, 5.74) is 6.07. The molecule has 0 saturated heterocycles. The van der Waals surface area contributed by atoms with Crippen molar-refractivity contribution < 1.29 is 19.4 Å². The van der Waals surface area contributed by atoms with Crippen LogP contribution in [-0.4, -0.2) is 46.7 Å². The number of hydrogen-bond acceptors (Lipinski definition) is 4. The molecule has 34 heavy (non-hydrogen) atoms.